The predicted octanol–water partition coefficient (Wildman–Crippen LogP) is 2.43. The van der Waals surface area contributed by atoms with E-state index in [9.17, 15) is 0 Å². The molecular weight excluding hydrogens is 228 g/mol. The standard InChI is InChI=1S/C10H11BrN2/c11-10-8(5-6-12)7-3-1-2-4-9(7)13-10/h1-4,13H,5-6,12H2. The highest BCUT2D eigenvalue weighted by Crippen LogP contribution is 2.26. The molecule has 68 valence electrons. The number of nitrogens with two attached hydrogens (primary N) is 1. The average Bonchev–Trinajstić information content (AvgIpc) is 2.44. The molecule has 0 spiro atoms. The van der Waals surface area contributed by atoms with E-state index in [1.807, 2.05) is 12.1 Å². The Morgan fingerprint density at radius 2 is 2.08 bits per heavy atom. The summed E-state index contributed by atoms with van der Waals surface area (Å²) < 4.78 is 1.05. The van der Waals surface area contributed by atoms with Crippen molar-refractivity contribution >= 4 is 26.8 Å². The maximum atomic E-state index is 5.54. The zero-order valence-electron chi connectivity index (χ0n) is 7.18. The van der Waals surface area contributed by atoms with Crippen LogP contribution in [-0.4, -0.2) is 11.5 Å². The number of halogens is 1. The number of hydrogen-bond acceptors (Lipinski definition) is 1. The maximum absolute atomic E-state index is 5.54. The van der Waals surface area contributed by atoms with Gasteiger partial charge in [0.15, 0.2) is 0 Å². The van der Waals surface area contributed by atoms with Crippen LogP contribution in [-0.2, 0) is 6.42 Å². The SMILES string of the molecule is NCCc1c(Br)[nH]c2ccccc12. The predicted molar refractivity (Wildman–Crippen MR) is 58.8 cm³/mol. The molecule has 0 aliphatic heterocycles. The van der Waals surface area contributed by atoms with Gasteiger partial charge in [0.05, 0.1) is 4.60 Å². The van der Waals surface area contributed by atoms with Gasteiger partial charge < -0.3 is 10.7 Å². The van der Waals surface area contributed by atoms with Gasteiger partial charge in [0.1, 0.15) is 0 Å². The highest BCUT2D eigenvalue weighted by molar-refractivity contribution is 9.10. The Labute approximate surface area is 85.3 Å². The minimum absolute atomic E-state index is 0.681. The number of hydrogen-bond donors (Lipinski definition) is 2. The number of H-pyrrole nitrogens is 1. The molecule has 0 aliphatic carbocycles. The van der Waals surface area contributed by atoms with E-state index < -0.39 is 0 Å². The quantitative estimate of drug-likeness (QED) is 0.830. The number of para-hydroxylation sites is 1. The molecule has 0 bridgehead atoms. The molecule has 0 saturated heterocycles. The first-order valence-electron chi connectivity index (χ1n) is 4.28. The molecule has 1 aromatic carbocycles. The van der Waals surface area contributed by atoms with Crippen LogP contribution in [0.2, 0.25) is 0 Å². The summed E-state index contributed by atoms with van der Waals surface area (Å²) in [5.74, 6) is 0. The van der Waals surface area contributed by atoms with Crippen LogP contribution in [0.1, 0.15) is 5.56 Å². The van der Waals surface area contributed by atoms with Crippen molar-refractivity contribution in [2.75, 3.05) is 6.54 Å². The lowest BCUT2D eigenvalue weighted by atomic mass is 10.1. The zero-order valence-corrected chi connectivity index (χ0v) is 8.76. The number of rotatable bonds is 2. The summed E-state index contributed by atoms with van der Waals surface area (Å²) >= 11 is 3.50. The number of benzene rings is 1. The minimum atomic E-state index is 0.681. The normalized spacial score (nSPS) is 10.9. The molecule has 0 aliphatic rings. The van der Waals surface area contributed by atoms with E-state index in [4.69, 9.17) is 5.73 Å². The molecule has 0 atom stereocenters. The zero-order chi connectivity index (χ0) is 9.26. The second kappa shape index (κ2) is 3.52. The summed E-state index contributed by atoms with van der Waals surface area (Å²) in [5, 5.41) is 1.26. The van der Waals surface area contributed by atoms with Crippen molar-refractivity contribution in [2.24, 2.45) is 5.73 Å². The van der Waals surface area contributed by atoms with E-state index in [0.717, 1.165) is 16.5 Å². The minimum Gasteiger partial charge on any atom is -0.349 e. The lowest BCUT2D eigenvalue weighted by molar-refractivity contribution is 0.970. The highest BCUT2D eigenvalue weighted by atomic mass is 79.9. The van der Waals surface area contributed by atoms with Crippen LogP contribution in [0.25, 0.3) is 10.9 Å². The van der Waals surface area contributed by atoms with Gasteiger partial charge in [0.2, 0.25) is 0 Å². The molecule has 3 heteroatoms. The van der Waals surface area contributed by atoms with Gasteiger partial charge in [0.25, 0.3) is 0 Å². The molecule has 0 unspecified atom stereocenters. The van der Waals surface area contributed by atoms with E-state index in [2.05, 4.69) is 33.0 Å². The van der Waals surface area contributed by atoms with Crippen molar-refractivity contribution in [2.45, 2.75) is 6.42 Å². The number of nitrogens with one attached hydrogen (secondary N) is 1. The Balaban J connectivity index is 2.64. The van der Waals surface area contributed by atoms with Crippen LogP contribution in [0.4, 0.5) is 0 Å². The van der Waals surface area contributed by atoms with Crippen molar-refractivity contribution in [3.8, 4) is 0 Å². The van der Waals surface area contributed by atoms with Crippen LogP contribution in [0, 0.1) is 0 Å². The van der Waals surface area contributed by atoms with Gasteiger partial charge in [0, 0.05) is 10.9 Å². The number of fused-ring (bicyclic) bond motifs is 1. The van der Waals surface area contributed by atoms with Crippen molar-refractivity contribution < 1.29 is 0 Å². The first-order valence-corrected chi connectivity index (χ1v) is 5.07. The van der Waals surface area contributed by atoms with Crippen LogP contribution in [0.5, 0.6) is 0 Å². The summed E-state index contributed by atoms with van der Waals surface area (Å²) in [4.78, 5) is 3.27. The summed E-state index contributed by atoms with van der Waals surface area (Å²) in [6, 6.07) is 8.25. The summed E-state index contributed by atoms with van der Waals surface area (Å²) in [5.41, 5.74) is 7.99. The van der Waals surface area contributed by atoms with Crippen molar-refractivity contribution in [3.05, 3.63) is 34.4 Å². The molecule has 13 heavy (non-hydrogen) atoms. The second-order valence-corrected chi connectivity index (χ2v) is 3.79. The fourth-order valence-corrected chi connectivity index (χ4v) is 2.18. The van der Waals surface area contributed by atoms with Crippen LogP contribution < -0.4 is 5.73 Å². The topological polar surface area (TPSA) is 41.8 Å². The van der Waals surface area contributed by atoms with Gasteiger partial charge in [-0.05, 0) is 40.5 Å². The second-order valence-electron chi connectivity index (χ2n) is 3.00. The van der Waals surface area contributed by atoms with Crippen LogP contribution in [0.15, 0.2) is 28.9 Å². The highest BCUT2D eigenvalue weighted by Gasteiger charge is 2.06. The van der Waals surface area contributed by atoms with Crippen LogP contribution >= 0.6 is 15.9 Å². The number of aromatic nitrogens is 1. The molecule has 0 radical (unpaired) electrons. The summed E-state index contributed by atoms with van der Waals surface area (Å²) in [7, 11) is 0. The van der Waals surface area contributed by atoms with E-state index in [0.29, 0.717) is 6.54 Å². The van der Waals surface area contributed by atoms with Gasteiger partial charge in [-0.25, -0.2) is 0 Å². The number of aromatic amines is 1. The van der Waals surface area contributed by atoms with Crippen LogP contribution in [0.3, 0.4) is 0 Å². The van der Waals surface area contributed by atoms with Gasteiger partial charge >= 0.3 is 0 Å². The maximum Gasteiger partial charge on any atom is 0.0863 e. The first-order chi connectivity index (χ1) is 6.33. The largest absolute Gasteiger partial charge is 0.349 e. The molecule has 1 aromatic heterocycles. The van der Waals surface area contributed by atoms with Gasteiger partial charge in [-0.1, -0.05) is 18.2 Å². The lowest BCUT2D eigenvalue weighted by Crippen LogP contribution is -2.02. The fraction of sp³-hybridized carbons (Fsp3) is 0.200. The van der Waals surface area contributed by atoms with Gasteiger partial charge in [-0.15, -0.1) is 0 Å². The third-order valence-electron chi connectivity index (χ3n) is 2.16. The molecule has 1 heterocycles. The third kappa shape index (κ3) is 1.49. The Morgan fingerprint density at radius 3 is 2.85 bits per heavy atom. The Kier molecular flexibility index (Phi) is 2.38. The molecule has 0 amide bonds. The van der Waals surface area contributed by atoms with Crippen molar-refractivity contribution in [3.63, 3.8) is 0 Å². The summed E-state index contributed by atoms with van der Waals surface area (Å²) in [6.07, 6.45) is 0.907. The molecule has 2 nitrogen and oxygen atoms in total. The lowest BCUT2D eigenvalue weighted by Gasteiger charge is -1.95. The van der Waals surface area contributed by atoms with Crippen molar-refractivity contribution in [1.29, 1.82) is 0 Å². The molecule has 0 fully saturated rings. The van der Waals surface area contributed by atoms with Crippen molar-refractivity contribution in [1.82, 2.24) is 4.98 Å². The Bertz CT molecular complexity index is 420. The van der Waals surface area contributed by atoms with Gasteiger partial charge in [-0.3, -0.25) is 0 Å². The van der Waals surface area contributed by atoms with E-state index in [1.165, 1.54) is 10.9 Å². The smallest absolute Gasteiger partial charge is 0.0863 e. The monoisotopic (exact) mass is 238 g/mol. The Morgan fingerprint density at radius 1 is 1.31 bits per heavy atom. The van der Waals surface area contributed by atoms with E-state index in [-0.39, 0.29) is 0 Å². The molecule has 0 saturated carbocycles. The third-order valence-corrected chi connectivity index (χ3v) is 2.83. The molecule has 3 N–H and O–H groups in total. The van der Waals surface area contributed by atoms with E-state index >= 15 is 0 Å². The average molecular weight is 239 g/mol. The first kappa shape index (κ1) is 8.78. The molecular formula is C10H11BrN2. The van der Waals surface area contributed by atoms with Gasteiger partial charge in [-0.2, -0.15) is 0 Å². The molecule has 2 aromatic rings. The molecule has 2 rings (SSSR count). The summed E-state index contributed by atoms with van der Waals surface area (Å²) in [6.45, 7) is 0.681. The fourth-order valence-electron chi connectivity index (χ4n) is 1.56. The van der Waals surface area contributed by atoms with E-state index in [1.54, 1.807) is 0 Å². The Hall–Kier alpha value is -0.800.